The fraction of sp³-hybridized carbons (Fsp3) is 0.200. The molecule has 2 aromatic rings. The molecule has 1 N–H and O–H groups in total. The fourth-order valence-corrected chi connectivity index (χ4v) is 2.36. The van der Waals surface area contributed by atoms with E-state index in [1.807, 2.05) is 13.1 Å². The van der Waals surface area contributed by atoms with Crippen LogP contribution in [-0.4, -0.2) is 7.05 Å². The van der Waals surface area contributed by atoms with E-state index in [1.54, 1.807) is 0 Å². The van der Waals surface area contributed by atoms with Gasteiger partial charge in [0, 0.05) is 4.47 Å². The first-order valence-electron chi connectivity index (χ1n) is 5.70. The third-order valence-corrected chi connectivity index (χ3v) is 3.81. The fourth-order valence-electron chi connectivity index (χ4n) is 1.96. The van der Waals surface area contributed by atoms with Gasteiger partial charge < -0.3 is 5.32 Å². The predicted molar refractivity (Wildman–Crippen MR) is 76.2 cm³/mol. The Morgan fingerprint density at radius 2 is 1.71 bits per heavy atom. The zero-order valence-corrected chi connectivity index (χ0v) is 11.7. The van der Waals surface area contributed by atoms with Gasteiger partial charge in [0.15, 0.2) is 0 Å². The Bertz CT molecular complexity index is 494. The van der Waals surface area contributed by atoms with E-state index in [4.69, 9.17) is 0 Å². The average molecular weight is 290 g/mol. The molecule has 2 rings (SSSR count). The number of rotatable bonds is 3. The number of hydrogen-bond acceptors (Lipinski definition) is 1. The van der Waals surface area contributed by atoms with Crippen molar-refractivity contribution in [2.45, 2.75) is 13.0 Å². The molecule has 0 aromatic heterocycles. The smallest absolute Gasteiger partial charge is 0.0574 e. The summed E-state index contributed by atoms with van der Waals surface area (Å²) in [5.74, 6) is 0. The summed E-state index contributed by atoms with van der Waals surface area (Å²) in [6.45, 7) is 2.10. The largest absolute Gasteiger partial charge is 0.309 e. The first-order valence-corrected chi connectivity index (χ1v) is 6.50. The number of nitrogens with one attached hydrogen (secondary N) is 1. The lowest BCUT2D eigenvalue weighted by Crippen LogP contribution is -2.17. The van der Waals surface area contributed by atoms with Crippen LogP contribution in [0.15, 0.2) is 53.0 Å². The molecule has 0 saturated heterocycles. The molecule has 2 aromatic carbocycles. The van der Waals surface area contributed by atoms with E-state index in [0.29, 0.717) is 0 Å². The molecule has 0 heterocycles. The van der Waals surface area contributed by atoms with Crippen molar-refractivity contribution in [2.75, 3.05) is 7.05 Å². The van der Waals surface area contributed by atoms with Crippen LogP contribution < -0.4 is 5.32 Å². The molecule has 0 fully saturated rings. The summed E-state index contributed by atoms with van der Waals surface area (Å²) in [6.07, 6.45) is 0. The van der Waals surface area contributed by atoms with Crippen LogP contribution in [-0.2, 0) is 0 Å². The van der Waals surface area contributed by atoms with Gasteiger partial charge in [0.2, 0.25) is 0 Å². The second kappa shape index (κ2) is 5.48. The highest BCUT2D eigenvalue weighted by atomic mass is 79.9. The number of aryl methyl sites for hydroxylation is 1. The zero-order chi connectivity index (χ0) is 12.3. The summed E-state index contributed by atoms with van der Waals surface area (Å²) in [4.78, 5) is 0. The molecular weight excluding hydrogens is 274 g/mol. The topological polar surface area (TPSA) is 12.0 Å². The van der Waals surface area contributed by atoms with Crippen molar-refractivity contribution in [1.82, 2.24) is 5.32 Å². The number of hydrogen-bond donors (Lipinski definition) is 1. The molecule has 0 radical (unpaired) electrons. The molecule has 0 spiro atoms. The van der Waals surface area contributed by atoms with Crippen LogP contribution in [0.2, 0.25) is 0 Å². The highest BCUT2D eigenvalue weighted by Gasteiger charge is 2.11. The quantitative estimate of drug-likeness (QED) is 0.898. The average Bonchev–Trinajstić information content (AvgIpc) is 2.36. The second-order valence-corrected chi connectivity index (χ2v) is 5.00. The van der Waals surface area contributed by atoms with E-state index >= 15 is 0 Å². The van der Waals surface area contributed by atoms with E-state index in [0.717, 1.165) is 4.47 Å². The van der Waals surface area contributed by atoms with E-state index in [-0.39, 0.29) is 6.04 Å². The van der Waals surface area contributed by atoms with Crippen LogP contribution in [0.4, 0.5) is 0 Å². The van der Waals surface area contributed by atoms with Gasteiger partial charge in [-0.25, -0.2) is 0 Å². The molecule has 0 amide bonds. The van der Waals surface area contributed by atoms with Crippen LogP contribution in [0, 0.1) is 6.92 Å². The molecule has 0 aliphatic carbocycles. The van der Waals surface area contributed by atoms with Crippen LogP contribution >= 0.6 is 15.9 Å². The highest BCUT2D eigenvalue weighted by molar-refractivity contribution is 9.10. The molecule has 1 unspecified atom stereocenters. The summed E-state index contributed by atoms with van der Waals surface area (Å²) in [6, 6.07) is 17.2. The van der Waals surface area contributed by atoms with Crippen molar-refractivity contribution >= 4 is 15.9 Å². The monoisotopic (exact) mass is 289 g/mol. The van der Waals surface area contributed by atoms with E-state index in [2.05, 4.69) is 70.6 Å². The zero-order valence-electron chi connectivity index (χ0n) is 10.1. The predicted octanol–water partition coefficient (Wildman–Crippen LogP) is 4.07. The number of halogens is 1. The van der Waals surface area contributed by atoms with Gasteiger partial charge in [0.1, 0.15) is 0 Å². The van der Waals surface area contributed by atoms with Crippen LogP contribution in [0.3, 0.4) is 0 Å². The lowest BCUT2D eigenvalue weighted by atomic mass is 9.98. The summed E-state index contributed by atoms with van der Waals surface area (Å²) >= 11 is 3.59. The summed E-state index contributed by atoms with van der Waals surface area (Å²) in [5, 5.41) is 3.36. The van der Waals surface area contributed by atoms with Crippen LogP contribution in [0.25, 0.3) is 0 Å². The molecule has 2 heteroatoms. The lowest BCUT2D eigenvalue weighted by Gasteiger charge is -2.18. The molecule has 0 aliphatic rings. The SMILES string of the molecule is CNC(c1ccccc1)c1ccc(C)c(Br)c1. The maximum Gasteiger partial charge on any atom is 0.0574 e. The van der Waals surface area contributed by atoms with Gasteiger partial charge >= 0.3 is 0 Å². The van der Waals surface area contributed by atoms with E-state index in [9.17, 15) is 0 Å². The van der Waals surface area contributed by atoms with Crippen molar-refractivity contribution in [3.63, 3.8) is 0 Å². The van der Waals surface area contributed by atoms with Crippen LogP contribution in [0.1, 0.15) is 22.7 Å². The van der Waals surface area contributed by atoms with E-state index < -0.39 is 0 Å². The summed E-state index contributed by atoms with van der Waals surface area (Å²) < 4.78 is 1.16. The van der Waals surface area contributed by atoms with Gasteiger partial charge in [-0.15, -0.1) is 0 Å². The highest BCUT2D eigenvalue weighted by Crippen LogP contribution is 2.26. The Hall–Kier alpha value is -1.12. The third-order valence-electron chi connectivity index (χ3n) is 2.95. The molecule has 17 heavy (non-hydrogen) atoms. The van der Waals surface area contributed by atoms with Crippen molar-refractivity contribution < 1.29 is 0 Å². The van der Waals surface area contributed by atoms with Crippen LogP contribution in [0.5, 0.6) is 0 Å². The Labute approximate surface area is 111 Å². The normalized spacial score (nSPS) is 12.4. The molecule has 1 atom stereocenters. The van der Waals surface area contributed by atoms with Gasteiger partial charge in [-0.3, -0.25) is 0 Å². The van der Waals surface area contributed by atoms with Crippen molar-refractivity contribution in [2.24, 2.45) is 0 Å². The Morgan fingerprint density at radius 1 is 1.00 bits per heavy atom. The first kappa shape index (κ1) is 12.3. The molecule has 0 saturated carbocycles. The van der Waals surface area contributed by atoms with Gasteiger partial charge in [-0.2, -0.15) is 0 Å². The maximum absolute atomic E-state index is 3.59. The van der Waals surface area contributed by atoms with Gasteiger partial charge in [-0.1, -0.05) is 58.4 Å². The first-order chi connectivity index (χ1) is 8.22. The summed E-state index contributed by atoms with van der Waals surface area (Å²) in [5.41, 5.74) is 3.82. The van der Waals surface area contributed by atoms with Crippen molar-refractivity contribution in [1.29, 1.82) is 0 Å². The van der Waals surface area contributed by atoms with E-state index in [1.165, 1.54) is 16.7 Å². The van der Waals surface area contributed by atoms with Gasteiger partial charge in [0.25, 0.3) is 0 Å². The minimum absolute atomic E-state index is 0.244. The minimum atomic E-state index is 0.244. The molecule has 88 valence electrons. The minimum Gasteiger partial charge on any atom is -0.309 e. The third kappa shape index (κ3) is 2.76. The van der Waals surface area contributed by atoms with Crippen molar-refractivity contribution in [3.8, 4) is 0 Å². The summed E-state index contributed by atoms with van der Waals surface area (Å²) in [7, 11) is 1.99. The Morgan fingerprint density at radius 3 is 2.29 bits per heavy atom. The molecule has 0 bridgehead atoms. The van der Waals surface area contributed by atoms with Gasteiger partial charge in [0.05, 0.1) is 6.04 Å². The van der Waals surface area contributed by atoms with Gasteiger partial charge in [-0.05, 0) is 36.7 Å². The second-order valence-electron chi connectivity index (χ2n) is 4.14. The Kier molecular flexibility index (Phi) is 3.97. The molecule has 0 aliphatic heterocycles. The number of benzene rings is 2. The standard InChI is InChI=1S/C15H16BrN/c1-11-8-9-13(10-14(11)16)15(17-2)12-6-4-3-5-7-12/h3-10,15,17H,1-2H3. The molecule has 1 nitrogen and oxygen atoms in total. The maximum atomic E-state index is 3.59. The lowest BCUT2D eigenvalue weighted by molar-refractivity contribution is 0.691. The van der Waals surface area contributed by atoms with Crippen molar-refractivity contribution in [3.05, 3.63) is 69.7 Å². The molecular formula is C15H16BrN. The Balaban J connectivity index is 2.39.